The van der Waals surface area contributed by atoms with Crippen molar-refractivity contribution >= 4 is 0 Å². The van der Waals surface area contributed by atoms with Crippen molar-refractivity contribution in [1.82, 2.24) is 9.55 Å². The molecular weight excluding hydrogens is 202 g/mol. The summed E-state index contributed by atoms with van der Waals surface area (Å²) in [6, 6.07) is -0.306. The summed E-state index contributed by atoms with van der Waals surface area (Å²) in [7, 11) is 0. The summed E-state index contributed by atoms with van der Waals surface area (Å²) in [6.07, 6.45) is 7.56. The number of imidazole rings is 1. The second-order valence-corrected chi connectivity index (χ2v) is 4.93. The highest BCUT2D eigenvalue weighted by atomic mass is 16.3. The predicted octanol–water partition coefficient (Wildman–Crippen LogP) is 1.31. The van der Waals surface area contributed by atoms with Gasteiger partial charge in [-0.25, -0.2) is 4.98 Å². The van der Waals surface area contributed by atoms with E-state index in [0.29, 0.717) is 0 Å². The minimum Gasteiger partial charge on any atom is -0.394 e. The third-order valence-corrected chi connectivity index (χ3v) is 3.79. The number of aromatic nitrogens is 2. The van der Waals surface area contributed by atoms with Crippen LogP contribution < -0.4 is 5.73 Å². The zero-order valence-electron chi connectivity index (χ0n) is 9.84. The van der Waals surface area contributed by atoms with Crippen LogP contribution in [0.1, 0.15) is 37.9 Å². The van der Waals surface area contributed by atoms with Crippen molar-refractivity contribution < 1.29 is 5.11 Å². The van der Waals surface area contributed by atoms with E-state index >= 15 is 0 Å². The van der Waals surface area contributed by atoms with Crippen LogP contribution in [0.5, 0.6) is 0 Å². The van der Waals surface area contributed by atoms with Crippen LogP contribution in [-0.4, -0.2) is 21.3 Å². The Kier molecular flexibility index (Phi) is 3.61. The molecule has 3 atom stereocenters. The predicted molar refractivity (Wildman–Crippen MR) is 62.7 cm³/mol. The van der Waals surface area contributed by atoms with Crippen molar-refractivity contribution in [3.63, 3.8) is 0 Å². The molecule has 1 aliphatic rings. The number of rotatable bonds is 4. The first-order chi connectivity index (χ1) is 7.72. The molecule has 0 spiro atoms. The molecule has 0 radical (unpaired) electrons. The number of aliphatic hydroxyl groups is 1. The Bertz CT molecular complexity index is 337. The largest absolute Gasteiger partial charge is 0.394 e. The minimum atomic E-state index is -0.306. The Morgan fingerprint density at radius 1 is 1.62 bits per heavy atom. The molecule has 1 heterocycles. The second-order valence-electron chi connectivity index (χ2n) is 4.93. The zero-order chi connectivity index (χ0) is 11.5. The summed E-state index contributed by atoms with van der Waals surface area (Å²) >= 11 is 0. The molecule has 0 aromatic carbocycles. The molecule has 1 aliphatic carbocycles. The Balaban J connectivity index is 2.06. The molecule has 1 aromatic heterocycles. The maximum Gasteiger partial charge on any atom is 0.0948 e. The molecule has 1 fully saturated rings. The van der Waals surface area contributed by atoms with Crippen molar-refractivity contribution in [3.05, 3.63) is 18.2 Å². The van der Waals surface area contributed by atoms with E-state index in [1.807, 2.05) is 6.33 Å². The van der Waals surface area contributed by atoms with Gasteiger partial charge in [-0.05, 0) is 18.3 Å². The van der Waals surface area contributed by atoms with Crippen LogP contribution >= 0.6 is 0 Å². The third kappa shape index (κ3) is 2.28. The molecule has 1 aromatic rings. The average molecular weight is 223 g/mol. The highest BCUT2D eigenvalue weighted by Gasteiger charge is 2.24. The lowest BCUT2D eigenvalue weighted by Crippen LogP contribution is -2.21. The van der Waals surface area contributed by atoms with Gasteiger partial charge in [-0.15, -0.1) is 0 Å². The van der Waals surface area contributed by atoms with Crippen molar-refractivity contribution in [2.24, 2.45) is 17.6 Å². The van der Waals surface area contributed by atoms with Crippen molar-refractivity contribution in [2.75, 3.05) is 6.61 Å². The van der Waals surface area contributed by atoms with E-state index in [4.69, 9.17) is 10.8 Å². The summed E-state index contributed by atoms with van der Waals surface area (Å²) in [6.45, 7) is 3.29. The summed E-state index contributed by atoms with van der Waals surface area (Å²) in [5.74, 6) is 1.53. The summed E-state index contributed by atoms with van der Waals surface area (Å²) in [4.78, 5) is 4.13. The Labute approximate surface area is 96.5 Å². The van der Waals surface area contributed by atoms with Crippen LogP contribution in [0.15, 0.2) is 12.5 Å². The molecule has 3 unspecified atom stereocenters. The smallest absolute Gasteiger partial charge is 0.0948 e. The molecule has 3 N–H and O–H groups in total. The van der Waals surface area contributed by atoms with Gasteiger partial charge in [0.2, 0.25) is 0 Å². The Morgan fingerprint density at radius 3 is 3.06 bits per heavy atom. The molecule has 90 valence electrons. The lowest BCUT2D eigenvalue weighted by molar-refractivity contribution is 0.260. The van der Waals surface area contributed by atoms with Crippen molar-refractivity contribution in [2.45, 2.75) is 38.8 Å². The Hall–Kier alpha value is -0.870. The van der Waals surface area contributed by atoms with Crippen LogP contribution in [0.2, 0.25) is 0 Å². The first kappa shape index (κ1) is 11.6. The van der Waals surface area contributed by atoms with E-state index in [1.165, 1.54) is 19.3 Å². The summed E-state index contributed by atoms with van der Waals surface area (Å²) in [5.41, 5.74) is 6.78. The fourth-order valence-corrected chi connectivity index (χ4v) is 2.63. The zero-order valence-corrected chi connectivity index (χ0v) is 9.84. The summed E-state index contributed by atoms with van der Waals surface area (Å²) < 4.78 is 2.10. The standard InChI is InChI=1S/C12H21N3O/c1-9-3-2-4-10(9)6-15-8-14-5-12(15)11(13)7-16/h5,8-11,16H,2-4,6-7,13H2,1H3. The molecule has 2 rings (SSSR count). The van der Waals surface area contributed by atoms with Gasteiger partial charge in [0.25, 0.3) is 0 Å². The fourth-order valence-electron chi connectivity index (χ4n) is 2.63. The topological polar surface area (TPSA) is 64.1 Å². The molecule has 0 aliphatic heterocycles. The summed E-state index contributed by atoms with van der Waals surface area (Å²) in [5, 5.41) is 9.08. The van der Waals surface area contributed by atoms with E-state index in [-0.39, 0.29) is 12.6 Å². The number of hydrogen-bond donors (Lipinski definition) is 2. The van der Waals surface area contributed by atoms with Crippen LogP contribution in [0.25, 0.3) is 0 Å². The third-order valence-electron chi connectivity index (χ3n) is 3.79. The molecule has 4 heteroatoms. The van der Waals surface area contributed by atoms with Crippen molar-refractivity contribution in [3.8, 4) is 0 Å². The van der Waals surface area contributed by atoms with Gasteiger partial charge in [0, 0.05) is 12.7 Å². The van der Waals surface area contributed by atoms with Gasteiger partial charge >= 0.3 is 0 Å². The lowest BCUT2D eigenvalue weighted by atomic mass is 9.98. The van der Waals surface area contributed by atoms with E-state index in [0.717, 1.165) is 24.1 Å². The molecular formula is C12H21N3O. The van der Waals surface area contributed by atoms with Crippen molar-refractivity contribution in [1.29, 1.82) is 0 Å². The van der Waals surface area contributed by atoms with Crippen LogP contribution in [-0.2, 0) is 6.54 Å². The SMILES string of the molecule is CC1CCCC1Cn1cncc1C(N)CO. The van der Waals surface area contributed by atoms with Gasteiger partial charge in [-0.2, -0.15) is 0 Å². The van der Waals surface area contributed by atoms with E-state index in [9.17, 15) is 0 Å². The van der Waals surface area contributed by atoms with Crippen LogP contribution in [0, 0.1) is 11.8 Å². The fraction of sp³-hybridized carbons (Fsp3) is 0.750. The number of aliphatic hydroxyl groups excluding tert-OH is 1. The molecule has 4 nitrogen and oxygen atoms in total. The number of nitrogens with two attached hydrogens (primary N) is 1. The maximum absolute atomic E-state index is 9.08. The quantitative estimate of drug-likeness (QED) is 0.809. The monoisotopic (exact) mass is 223 g/mol. The normalized spacial score (nSPS) is 27.2. The molecule has 1 saturated carbocycles. The maximum atomic E-state index is 9.08. The van der Waals surface area contributed by atoms with Crippen LogP contribution in [0.3, 0.4) is 0 Å². The molecule has 0 saturated heterocycles. The first-order valence-electron chi connectivity index (χ1n) is 6.09. The first-order valence-corrected chi connectivity index (χ1v) is 6.09. The highest BCUT2D eigenvalue weighted by molar-refractivity contribution is 5.04. The molecule has 16 heavy (non-hydrogen) atoms. The highest BCUT2D eigenvalue weighted by Crippen LogP contribution is 2.32. The van der Waals surface area contributed by atoms with E-state index in [1.54, 1.807) is 6.20 Å². The molecule has 0 amide bonds. The minimum absolute atomic E-state index is 0.0219. The van der Waals surface area contributed by atoms with Gasteiger partial charge < -0.3 is 15.4 Å². The van der Waals surface area contributed by atoms with E-state index in [2.05, 4.69) is 16.5 Å². The second kappa shape index (κ2) is 4.97. The van der Waals surface area contributed by atoms with E-state index < -0.39 is 0 Å². The van der Waals surface area contributed by atoms with Gasteiger partial charge in [-0.3, -0.25) is 0 Å². The number of hydrogen-bond acceptors (Lipinski definition) is 3. The van der Waals surface area contributed by atoms with Gasteiger partial charge in [0.15, 0.2) is 0 Å². The van der Waals surface area contributed by atoms with Crippen LogP contribution in [0.4, 0.5) is 0 Å². The molecule has 0 bridgehead atoms. The average Bonchev–Trinajstić information content (AvgIpc) is 2.88. The Morgan fingerprint density at radius 2 is 2.44 bits per heavy atom. The van der Waals surface area contributed by atoms with Gasteiger partial charge in [-0.1, -0.05) is 19.8 Å². The van der Waals surface area contributed by atoms with Gasteiger partial charge in [0.1, 0.15) is 0 Å². The number of nitrogens with zero attached hydrogens (tertiary/aromatic N) is 2. The lowest BCUT2D eigenvalue weighted by Gasteiger charge is -2.19. The van der Waals surface area contributed by atoms with Gasteiger partial charge in [0.05, 0.1) is 24.7 Å².